The number of imidazole rings is 1. The third kappa shape index (κ3) is 5.60. The third-order valence-electron chi connectivity index (χ3n) is 6.11. The second kappa shape index (κ2) is 10.2. The minimum Gasteiger partial charge on any atom is -0.370 e. The highest BCUT2D eigenvalue weighted by atomic mass is 16.2. The van der Waals surface area contributed by atoms with Crippen LogP contribution in [0.2, 0.25) is 0 Å². The van der Waals surface area contributed by atoms with E-state index in [2.05, 4.69) is 69.7 Å². The number of rotatable bonds is 9. The number of pyridine rings is 1. The van der Waals surface area contributed by atoms with E-state index in [0.717, 1.165) is 42.4 Å². The van der Waals surface area contributed by atoms with E-state index in [1.807, 2.05) is 19.1 Å². The van der Waals surface area contributed by atoms with Crippen molar-refractivity contribution in [2.45, 2.75) is 45.7 Å². The molecule has 1 atom stereocenters. The lowest BCUT2D eigenvalue weighted by Gasteiger charge is -2.40. The molecular weight excluding hydrogens is 412 g/mol. The number of hydrogen-bond donors (Lipinski definition) is 3. The van der Waals surface area contributed by atoms with Crippen LogP contribution in [0.25, 0.3) is 0 Å². The molecule has 0 saturated heterocycles. The van der Waals surface area contributed by atoms with Gasteiger partial charge in [0.15, 0.2) is 0 Å². The first kappa shape index (κ1) is 23.0. The standard InChI is InChI=1S/C26H34N6O/c1-19(2)13-29-23-10-9-21-16-32(15-20-7-5-4-6-8-20)17-26(3,24(21)31-23)25(33)28-12-11-22-14-27-18-30-22/h4-10,14,18-19H,11-13,15-17H2,1-3H3,(H,27,30)(H,28,33)(H,29,31). The highest BCUT2D eigenvalue weighted by Crippen LogP contribution is 2.34. The number of aromatic nitrogens is 3. The predicted molar refractivity (Wildman–Crippen MR) is 131 cm³/mol. The SMILES string of the molecule is CC(C)CNc1ccc2c(n1)C(C)(C(=O)NCCc1cnc[nH]1)CN(Cc1ccccc1)C2. The summed E-state index contributed by atoms with van der Waals surface area (Å²) in [6.07, 6.45) is 4.17. The number of carbonyl (C=O) groups excluding carboxylic acids is 1. The summed E-state index contributed by atoms with van der Waals surface area (Å²) in [6.45, 7) is 9.95. The predicted octanol–water partition coefficient (Wildman–Crippen LogP) is 3.51. The Bertz CT molecular complexity index is 1050. The molecule has 0 aliphatic carbocycles. The van der Waals surface area contributed by atoms with Crippen LogP contribution in [0.4, 0.5) is 5.82 Å². The van der Waals surface area contributed by atoms with Gasteiger partial charge in [-0.25, -0.2) is 9.97 Å². The number of hydrogen-bond acceptors (Lipinski definition) is 5. The largest absolute Gasteiger partial charge is 0.370 e. The normalized spacial score (nSPS) is 18.2. The van der Waals surface area contributed by atoms with E-state index >= 15 is 0 Å². The molecule has 1 amide bonds. The average Bonchev–Trinajstić information content (AvgIpc) is 3.32. The Balaban J connectivity index is 1.57. The topological polar surface area (TPSA) is 85.9 Å². The van der Waals surface area contributed by atoms with Gasteiger partial charge in [0, 0.05) is 51.0 Å². The number of benzene rings is 1. The van der Waals surface area contributed by atoms with E-state index in [1.165, 1.54) is 5.56 Å². The number of carbonyl (C=O) groups is 1. The molecule has 33 heavy (non-hydrogen) atoms. The van der Waals surface area contributed by atoms with Gasteiger partial charge in [-0.3, -0.25) is 9.69 Å². The average molecular weight is 447 g/mol. The van der Waals surface area contributed by atoms with Gasteiger partial charge in [0.2, 0.25) is 5.91 Å². The summed E-state index contributed by atoms with van der Waals surface area (Å²) >= 11 is 0. The van der Waals surface area contributed by atoms with Crippen molar-refractivity contribution in [1.82, 2.24) is 25.2 Å². The Labute approximate surface area is 196 Å². The molecule has 1 aromatic carbocycles. The van der Waals surface area contributed by atoms with Gasteiger partial charge in [0.1, 0.15) is 11.2 Å². The Morgan fingerprint density at radius 1 is 1.21 bits per heavy atom. The number of fused-ring (bicyclic) bond motifs is 1. The summed E-state index contributed by atoms with van der Waals surface area (Å²) in [5.41, 5.74) is 3.49. The molecule has 0 fully saturated rings. The van der Waals surface area contributed by atoms with E-state index in [1.54, 1.807) is 12.5 Å². The highest BCUT2D eigenvalue weighted by molar-refractivity contribution is 5.88. The molecular formula is C26H34N6O. The lowest BCUT2D eigenvalue weighted by Crippen LogP contribution is -2.53. The number of amides is 1. The Morgan fingerprint density at radius 3 is 2.76 bits per heavy atom. The molecule has 0 spiro atoms. The summed E-state index contributed by atoms with van der Waals surface area (Å²) < 4.78 is 0. The van der Waals surface area contributed by atoms with Crippen LogP contribution in [0.1, 0.15) is 43.3 Å². The minimum absolute atomic E-state index is 0.00883. The maximum Gasteiger partial charge on any atom is 0.233 e. The van der Waals surface area contributed by atoms with E-state index in [0.29, 0.717) is 25.4 Å². The fourth-order valence-electron chi connectivity index (χ4n) is 4.38. The summed E-state index contributed by atoms with van der Waals surface area (Å²) in [5.74, 6) is 1.35. The van der Waals surface area contributed by atoms with Crippen LogP contribution in [0.3, 0.4) is 0 Å². The zero-order chi connectivity index (χ0) is 23.3. The van der Waals surface area contributed by atoms with Crippen molar-refractivity contribution in [2.24, 2.45) is 5.92 Å². The van der Waals surface area contributed by atoms with Gasteiger partial charge in [-0.05, 0) is 30.0 Å². The smallest absolute Gasteiger partial charge is 0.233 e. The van der Waals surface area contributed by atoms with Gasteiger partial charge in [0.05, 0.1) is 12.0 Å². The third-order valence-corrected chi connectivity index (χ3v) is 6.11. The molecule has 174 valence electrons. The number of aromatic amines is 1. The zero-order valence-electron chi connectivity index (χ0n) is 19.8. The molecule has 1 unspecified atom stereocenters. The second-order valence-electron chi connectivity index (χ2n) is 9.52. The van der Waals surface area contributed by atoms with Gasteiger partial charge in [-0.15, -0.1) is 0 Å². The molecule has 3 heterocycles. The number of nitrogens with zero attached hydrogens (tertiary/aromatic N) is 3. The first-order valence-corrected chi connectivity index (χ1v) is 11.7. The number of anilines is 1. The maximum absolute atomic E-state index is 13.6. The van der Waals surface area contributed by atoms with Gasteiger partial charge in [-0.2, -0.15) is 0 Å². The summed E-state index contributed by atoms with van der Waals surface area (Å²) in [7, 11) is 0. The minimum atomic E-state index is -0.744. The Morgan fingerprint density at radius 2 is 2.03 bits per heavy atom. The Hall–Kier alpha value is -3.19. The van der Waals surface area contributed by atoms with Crippen molar-refractivity contribution in [3.63, 3.8) is 0 Å². The molecule has 7 nitrogen and oxygen atoms in total. The van der Waals surface area contributed by atoms with Crippen LogP contribution in [0.15, 0.2) is 55.0 Å². The first-order valence-electron chi connectivity index (χ1n) is 11.7. The molecule has 3 aromatic rings. The molecule has 0 bridgehead atoms. The molecule has 2 aromatic heterocycles. The number of nitrogens with one attached hydrogen (secondary N) is 3. The molecule has 4 rings (SSSR count). The highest BCUT2D eigenvalue weighted by Gasteiger charge is 2.43. The van der Waals surface area contributed by atoms with Gasteiger partial charge < -0.3 is 15.6 Å². The van der Waals surface area contributed by atoms with Crippen LogP contribution >= 0.6 is 0 Å². The van der Waals surface area contributed by atoms with E-state index in [4.69, 9.17) is 4.98 Å². The zero-order valence-corrected chi connectivity index (χ0v) is 19.8. The second-order valence-corrected chi connectivity index (χ2v) is 9.52. The van der Waals surface area contributed by atoms with Gasteiger partial charge in [0.25, 0.3) is 0 Å². The van der Waals surface area contributed by atoms with Crippen LogP contribution in [0.5, 0.6) is 0 Å². The fourth-order valence-corrected chi connectivity index (χ4v) is 4.38. The molecule has 1 aliphatic heterocycles. The van der Waals surface area contributed by atoms with Crippen molar-refractivity contribution >= 4 is 11.7 Å². The van der Waals surface area contributed by atoms with Crippen LogP contribution in [0, 0.1) is 5.92 Å². The Kier molecular flexibility index (Phi) is 7.08. The maximum atomic E-state index is 13.6. The molecule has 0 saturated carbocycles. The molecule has 0 radical (unpaired) electrons. The van der Waals surface area contributed by atoms with E-state index in [9.17, 15) is 4.79 Å². The lowest BCUT2D eigenvalue weighted by atomic mass is 9.79. The monoisotopic (exact) mass is 446 g/mol. The summed E-state index contributed by atoms with van der Waals surface area (Å²) in [6, 6.07) is 14.6. The lowest BCUT2D eigenvalue weighted by molar-refractivity contribution is -0.127. The fraction of sp³-hybridized carbons (Fsp3) is 0.423. The van der Waals surface area contributed by atoms with Crippen molar-refractivity contribution < 1.29 is 4.79 Å². The molecule has 3 N–H and O–H groups in total. The first-order chi connectivity index (χ1) is 15.9. The van der Waals surface area contributed by atoms with Gasteiger partial charge >= 0.3 is 0 Å². The van der Waals surface area contributed by atoms with Crippen molar-refractivity contribution in [3.8, 4) is 0 Å². The molecule has 7 heteroatoms. The molecule has 1 aliphatic rings. The van der Waals surface area contributed by atoms with Crippen LogP contribution < -0.4 is 10.6 Å². The van der Waals surface area contributed by atoms with Crippen molar-refractivity contribution in [2.75, 3.05) is 25.0 Å². The van der Waals surface area contributed by atoms with E-state index in [-0.39, 0.29) is 5.91 Å². The van der Waals surface area contributed by atoms with Crippen LogP contribution in [-0.2, 0) is 29.7 Å². The number of H-pyrrole nitrogens is 1. The van der Waals surface area contributed by atoms with Crippen molar-refractivity contribution in [1.29, 1.82) is 0 Å². The van der Waals surface area contributed by atoms with E-state index < -0.39 is 5.41 Å². The van der Waals surface area contributed by atoms with Crippen LogP contribution in [-0.4, -0.2) is 45.4 Å². The summed E-state index contributed by atoms with van der Waals surface area (Å²) in [5, 5.41) is 6.57. The quantitative estimate of drug-likeness (QED) is 0.468. The summed E-state index contributed by atoms with van der Waals surface area (Å²) in [4.78, 5) is 28.0. The van der Waals surface area contributed by atoms with Crippen molar-refractivity contribution in [3.05, 3.63) is 77.5 Å². The van der Waals surface area contributed by atoms with Gasteiger partial charge in [-0.1, -0.05) is 50.2 Å².